The van der Waals surface area contributed by atoms with Gasteiger partial charge in [-0.05, 0) is 12.8 Å². The summed E-state index contributed by atoms with van der Waals surface area (Å²) in [5.74, 6) is 0. The smallest absolute Gasteiger partial charge is 0.183 e. The van der Waals surface area contributed by atoms with E-state index in [1.165, 1.54) is 22.7 Å². The summed E-state index contributed by atoms with van der Waals surface area (Å²) >= 11 is 3.40. The molecule has 1 N–H and O–H groups in total. The van der Waals surface area contributed by atoms with Crippen molar-refractivity contribution in [1.82, 2.24) is 9.97 Å². The van der Waals surface area contributed by atoms with Crippen LogP contribution in [0, 0.1) is 0 Å². The van der Waals surface area contributed by atoms with Crippen molar-refractivity contribution in [3.63, 3.8) is 0 Å². The predicted octanol–water partition coefficient (Wildman–Crippen LogP) is 4.04. The maximum atomic E-state index is 4.58. The third-order valence-corrected chi connectivity index (χ3v) is 4.38. The Balaban J connectivity index is 2.02. The molecule has 0 bridgehead atoms. The molecule has 17 heavy (non-hydrogen) atoms. The quantitative estimate of drug-likeness (QED) is 0.803. The van der Waals surface area contributed by atoms with Gasteiger partial charge in [-0.3, -0.25) is 0 Å². The average Bonchev–Trinajstić information content (AvgIpc) is 2.97. The van der Waals surface area contributed by atoms with Gasteiger partial charge in [0.05, 0.1) is 15.6 Å². The van der Waals surface area contributed by atoms with Gasteiger partial charge in [0.25, 0.3) is 0 Å². The second-order valence-corrected chi connectivity index (χ2v) is 5.76. The van der Waals surface area contributed by atoms with Crippen LogP contribution in [-0.2, 0) is 6.42 Å². The Kier molecular flexibility index (Phi) is 4.50. The minimum atomic E-state index is 0.996. The van der Waals surface area contributed by atoms with E-state index in [4.69, 9.17) is 0 Å². The first-order valence-corrected chi connectivity index (χ1v) is 7.67. The van der Waals surface area contributed by atoms with E-state index in [1.54, 1.807) is 22.7 Å². The van der Waals surface area contributed by atoms with Crippen LogP contribution in [0.15, 0.2) is 11.6 Å². The Morgan fingerprint density at radius 2 is 2.24 bits per heavy atom. The molecule has 0 spiro atoms. The minimum absolute atomic E-state index is 0.996. The standard InChI is InChI=1S/C12H17N3S2/c1-3-5-6-13-12-15-9(8-16-12)10-7-14-11(4-2)17-10/h7-8H,3-6H2,1-2H3,(H,13,15). The van der Waals surface area contributed by atoms with Gasteiger partial charge in [0, 0.05) is 18.1 Å². The van der Waals surface area contributed by atoms with Gasteiger partial charge in [0.15, 0.2) is 5.13 Å². The SMILES string of the molecule is CCCCNc1nc(-c2cnc(CC)s2)cs1. The van der Waals surface area contributed by atoms with E-state index in [0.29, 0.717) is 0 Å². The van der Waals surface area contributed by atoms with Crippen LogP contribution in [0.5, 0.6) is 0 Å². The summed E-state index contributed by atoms with van der Waals surface area (Å²) < 4.78 is 0. The van der Waals surface area contributed by atoms with E-state index in [2.05, 4.69) is 34.5 Å². The lowest BCUT2D eigenvalue weighted by Crippen LogP contribution is -1.99. The lowest BCUT2D eigenvalue weighted by atomic mass is 10.3. The van der Waals surface area contributed by atoms with Crippen molar-refractivity contribution in [1.29, 1.82) is 0 Å². The van der Waals surface area contributed by atoms with Gasteiger partial charge in [0.1, 0.15) is 0 Å². The zero-order valence-corrected chi connectivity index (χ0v) is 11.8. The lowest BCUT2D eigenvalue weighted by molar-refractivity contribution is 0.833. The van der Waals surface area contributed by atoms with Crippen molar-refractivity contribution in [2.75, 3.05) is 11.9 Å². The van der Waals surface area contributed by atoms with E-state index in [0.717, 1.165) is 23.8 Å². The molecule has 0 aliphatic heterocycles. The maximum absolute atomic E-state index is 4.58. The number of nitrogens with zero attached hydrogens (tertiary/aromatic N) is 2. The summed E-state index contributed by atoms with van der Waals surface area (Å²) in [5.41, 5.74) is 1.05. The van der Waals surface area contributed by atoms with Gasteiger partial charge in [-0.15, -0.1) is 22.7 Å². The normalized spacial score (nSPS) is 10.7. The largest absolute Gasteiger partial charge is 0.362 e. The van der Waals surface area contributed by atoms with Crippen LogP contribution >= 0.6 is 22.7 Å². The fraction of sp³-hybridized carbons (Fsp3) is 0.500. The first kappa shape index (κ1) is 12.5. The van der Waals surface area contributed by atoms with Crippen LogP contribution in [0.3, 0.4) is 0 Å². The number of hydrogen-bond acceptors (Lipinski definition) is 5. The number of anilines is 1. The molecule has 3 nitrogen and oxygen atoms in total. The number of aryl methyl sites for hydroxylation is 1. The topological polar surface area (TPSA) is 37.8 Å². The number of hydrogen-bond donors (Lipinski definition) is 1. The molecule has 0 saturated carbocycles. The first-order chi connectivity index (χ1) is 8.33. The van der Waals surface area contributed by atoms with Crippen molar-refractivity contribution in [3.8, 4) is 10.6 Å². The summed E-state index contributed by atoms with van der Waals surface area (Å²) in [5, 5.41) is 7.63. The molecule has 5 heteroatoms. The second-order valence-electron chi connectivity index (χ2n) is 3.79. The molecule has 0 saturated heterocycles. The Hall–Kier alpha value is -0.940. The average molecular weight is 267 g/mol. The molecule has 0 radical (unpaired) electrons. The Morgan fingerprint density at radius 3 is 2.94 bits per heavy atom. The van der Waals surface area contributed by atoms with E-state index in [9.17, 15) is 0 Å². The van der Waals surface area contributed by atoms with Gasteiger partial charge >= 0.3 is 0 Å². The number of nitrogens with one attached hydrogen (secondary N) is 1. The van der Waals surface area contributed by atoms with Gasteiger partial charge in [-0.2, -0.15) is 0 Å². The molecular weight excluding hydrogens is 250 g/mol. The van der Waals surface area contributed by atoms with Crippen LogP contribution in [0.2, 0.25) is 0 Å². The zero-order chi connectivity index (χ0) is 12.1. The van der Waals surface area contributed by atoms with Crippen LogP contribution in [0.4, 0.5) is 5.13 Å². The van der Waals surface area contributed by atoms with Crippen molar-refractivity contribution < 1.29 is 0 Å². The van der Waals surface area contributed by atoms with E-state index in [1.807, 2.05) is 6.20 Å². The predicted molar refractivity (Wildman–Crippen MR) is 76.0 cm³/mol. The molecule has 92 valence electrons. The number of aromatic nitrogens is 2. The number of thiazole rings is 2. The van der Waals surface area contributed by atoms with Gasteiger partial charge < -0.3 is 5.32 Å². The van der Waals surface area contributed by atoms with E-state index in [-0.39, 0.29) is 0 Å². The van der Waals surface area contributed by atoms with Crippen LogP contribution in [-0.4, -0.2) is 16.5 Å². The number of unbranched alkanes of at least 4 members (excludes halogenated alkanes) is 1. The highest BCUT2D eigenvalue weighted by Crippen LogP contribution is 2.29. The summed E-state index contributed by atoms with van der Waals surface area (Å²) in [6.07, 6.45) is 5.32. The summed E-state index contributed by atoms with van der Waals surface area (Å²) in [6.45, 7) is 5.33. The molecule has 0 aliphatic carbocycles. The molecule has 0 amide bonds. The first-order valence-electron chi connectivity index (χ1n) is 5.98. The van der Waals surface area contributed by atoms with Crippen molar-refractivity contribution in [2.45, 2.75) is 33.1 Å². The van der Waals surface area contributed by atoms with Gasteiger partial charge in [-0.1, -0.05) is 20.3 Å². The van der Waals surface area contributed by atoms with Crippen LogP contribution < -0.4 is 5.32 Å². The van der Waals surface area contributed by atoms with E-state index >= 15 is 0 Å². The summed E-state index contributed by atoms with van der Waals surface area (Å²) in [6, 6.07) is 0. The molecule has 2 rings (SSSR count). The molecule has 2 aromatic heterocycles. The van der Waals surface area contributed by atoms with Crippen LogP contribution in [0.1, 0.15) is 31.7 Å². The Labute approximate surface area is 110 Å². The van der Waals surface area contributed by atoms with Gasteiger partial charge in [0.2, 0.25) is 0 Å². The fourth-order valence-electron chi connectivity index (χ4n) is 1.43. The Morgan fingerprint density at radius 1 is 1.35 bits per heavy atom. The third kappa shape index (κ3) is 3.26. The molecule has 0 aromatic carbocycles. The summed E-state index contributed by atoms with van der Waals surface area (Å²) in [7, 11) is 0. The minimum Gasteiger partial charge on any atom is -0.362 e. The fourth-order valence-corrected chi connectivity index (χ4v) is 3.06. The molecule has 2 heterocycles. The monoisotopic (exact) mass is 267 g/mol. The lowest BCUT2D eigenvalue weighted by Gasteiger charge is -1.98. The third-order valence-electron chi connectivity index (χ3n) is 2.42. The van der Waals surface area contributed by atoms with Gasteiger partial charge in [-0.25, -0.2) is 9.97 Å². The zero-order valence-electron chi connectivity index (χ0n) is 10.2. The molecule has 0 unspecified atom stereocenters. The molecule has 0 aliphatic rings. The van der Waals surface area contributed by atoms with Crippen molar-refractivity contribution >= 4 is 27.8 Å². The Bertz CT molecular complexity index is 462. The second kappa shape index (κ2) is 6.12. The maximum Gasteiger partial charge on any atom is 0.183 e. The van der Waals surface area contributed by atoms with Crippen LogP contribution in [0.25, 0.3) is 10.6 Å². The molecular formula is C12H17N3S2. The molecule has 0 atom stereocenters. The van der Waals surface area contributed by atoms with E-state index < -0.39 is 0 Å². The molecule has 2 aromatic rings. The van der Waals surface area contributed by atoms with Crippen molar-refractivity contribution in [3.05, 3.63) is 16.6 Å². The number of rotatable bonds is 6. The highest BCUT2D eigenvalue weighted by Gasteiger charge is 2.07. The summed E-state index contributed by atoms with van der Waals surface area (Å²) in [4.78, 5) is 10.1. The van der Waals surface area contributed by atoms with Crippen molar-refractivity contribution in [2.24, 2.45) is 0 Å². The highest BCUT2D eigenvalue weighted by atomic mass is 32.1. The molecule has 0 fully saturated rings. The highest BCUT2D eigenvalue weighted by molar-refractivity contribution is 7.16.